The van der Waals surface area contributed by atoms with E-state index in [0.29, 0.717) is 31.8 Å². The molecular weight excluding hydrogens is 364 g/mol. The van der Waals surface area contributed by atoms with E-state index >= 15 is 0 Å². The largest absolute Gasteiger partial charge is 0.378 e. The van der Waals surface area contributed by atoms with Crippen LogP contribution >= 0.6 is 0 Å². The van der Waals surface area contributed by atoms with Crippen LogP contribution in [-0.4, -0.2) is 69.9 Å². The molecule has 7 nitrogen and oxygen atoms in total. The molecule has 27 heavy (non-hydrogen) atoms. The molecule has 2 N–H and O–H groups in total. The molecule has 0 aromatic rings. The summed E-state index contributed by atoms with van der Waals surface area (Å²) < 4.78 is 30.9. The zero-order chi connectivity index (χ0) is 20.1. The minimum Gasteiger partial charge on any atom is -0.378 e. The summed E-state index contributed by atoms with van der Waals surface area (Å²) in [5.74, 6) is 1.12. The average molecular weight is 403 g/mol. The lowest BCUT2D eigenvalue weighted by molar-refractivity contribution is -0.133. The molecule has 3 unspecified atom stereocenters. The van der Waals surface area contributed by atoms with Crippen LogP contribution in [0, 0.1) is 11.3 Å². The van der Waals surface area contributed by atoms with Crippen molar-refractivity contribution in [3.05, 3.63) is 0 Å². The molecule has 0 spiro atoms. The van der Waals surface area contributed by atoms with Gasteiger partial charge >= 0.3 is 0 Å². The van der Waals surface area contributed by atoms with Crippen molar-refractivity contribution < 1.29 is 13.2 Å². The van der Waals surface area contributed by atoms with Crippen molar-refractivity contribution in [2.75, 3.05) is 39.0 Å². The van der Waals surface area contributed by atoms with E-state index < -0.39 is 10.0 Å². The fraction of sp³-hybridized carbons (Fsp3) is 0.947. The van der Waals surface area contributed by atoms with Gasteiger partial charge in [-0.1, -0.05) is 13.8 Å². The summed E-state index contributed by atoms with van der Waals surface area (Å²) in [4.78, 5) is 4.77. The van der Waals surface area contributed by atoms with Gasteiger partial charge in [0.2, 0.25) is 10.0 Å². The van der Waals surface area contributed by atoms with Crippen LogP contribution in [0.25, 0.3) is 0 Å². The summed E-state index contributed by atoms with van der Waals surface area (Å²) >= 11 is 0. The van der Waals surface area contributed by atoms with Gasteiger partial charge in [0.05, 0.1) is 12.4 Å². The Kier molecular flexibility index (Phi) is 7.94. The van der Waals surface area contributed by atoms with Gasteiger partial charge in [0.25, 0.3) is 0 Å². The van der Waals surface area contributed by atoms with E-state index in [1.54, 1.807) is 4.31 Å². The van der Waals surface area contributed by atoms with E-state index in [-0.39, 0.29) is 11.3 Å². The summed E-state index contributed by atoms with van der Waals surface area (Å²) in [6.07, 6.45) is 5.64. The lowest BCUT2D eigenvalue weighted by atomic mass is 9.58. The third-order valence-corrected chi connectivity index (χ3v) is 7.62. The third kappa shape index (κ3) is 5.15. The van der Waals surface area contributed by atoms with Crippen molar-refractivity contribution in [3.63, 3.8) is 0 Å². The number of rotatable bonds is 9. The van der Waals surface area contributed by atoms with Gasteiger partial charge in [0.15, 0.2) is 5.96 Å². The number of aliphatic imine (C=N–C) groups is 1. The first-order valence-corrected chi connectivity index (χ1v) is 12.3. The van der Waals surface area contributed by atoms with Gasteiger partial charge in [0, 0.05) is 44.2 Å². The van der Waals surface area contributed by atoms with Gasteiger partial charge in [-0.05, 0) is 45.4 Å². The predicted octanol–water partition coefficient (Wildman–Crippen LogP) is 1.81. The Labute approximate surface area is 165 Å². The SMILES string of the molecule is CCNC(=NCC1CCN(S(C)(=O)=O)C1)NC1CC(OCC)C1(CC)CC. The van der Waals surface area contributed by atoms with Crippen LogP contribution in [0.5, 0.6) is 0 Å². The average Bonchev–Trinajstić information content (AvgIpc) is 3.09. The second-order valence-corrected chi connectivity index (χ2v) is 9.79. The van der Waals surface area contributed by atoms with Crippen LogP contribution in [0.3, 0.4) is 0 Å². The van der Waals surface area contributed by atoms with E-state index in [4.69, 9.17) is 9.73 Å². The molecule has 0 amide bonds. The zero-order valence-corrected chi connectivity index (χ0v) is 18.4. The van der Waals surface area contributed by atoms with E-state index in [1.807, 2.05) is 0 Å². The minimum atomic E-state index is -3.09. The van der Waals surface area contributed by atoms with Crippen LogP contribution in [0.15, 0.2) is 4.99 Å². The van der Waals surface area contributed by atoms with Crippen LogP contribution in [0.2, 0.25) is 0 Å². The molecular formula is C19H38N4O3S. The number of ether oxygens (including phenoxy) is 1. The van der Waals surface area contributed by atoms with Crippen molar-refractivity contribution in [2.24, 2.45) is 16.3 Å². The van der Waals surface area contributed by atoms with Gasteiger partial charge in [-0.3, -0.25) is 4.99 Å². The summed E-state index contributed by atoms with van der Waals surface area (Å²) in [6.45, 7) is 12.0. The van der Waals surface area contributed by atoms with Crippen LogP contribution in [0.1, 0.15) is 53.4 Å². The quantitative estimate of drug-likeness (QED) is 0.454. The van der Waals surface area contributed by atoms with Gasteiger partial charge in [-0.15, -0.1) is 0 Å². The topological polar surface area (TPSA) is 83.0 Å². The van der Waals surface area contributed by atoms with Crippen LogP contribution in [0.4, 0.5) is 0 Å². The molecule has 1 saturated carbocycles. The molecule has 0 aromatic carbocycles. The molecule has 1 saturated heterocycles. The molecule has 158 valence electrons. The summed E-state index contributed by atoms with van der Waals surface area (Å²) in [5, 5.41) is 6.97. The van der Waals surface area contributed by atoms with Crippen molar-refractivity contribution in [3.8, 4) is 0 Å². The molecule has 2 aliphatic rings. The Balaban J connectivity index is 1.98. The Morgan fingerprint density at radius 3 is 2.48 bits per heavy atom. The number of hydrogen-bond acceptors (Lipinski definition) is 4. The fourth-order valence-electron chi connectivity index (χ4n) is 4.54. The van der Waals surface area contributed by atoms with Crippen LogP contribution in [-0.2, 0) is 14.8 Å². The lowest BCUT2D eigenvalue weighted by Crippen LogP contribution is -2.65. The number of nitrogens with one attached hydrogen (secondary N) is 2. The van der Waals surface area contributed by atoms with E-state index in [9.17, 15) is 8.42 Å². The Morgan fingerprint density at radius 1 is 1.26 bits per heavy atom. The highest BCUT2D eigenvalue weighted by Crippen LogP contribution is 2.48. The van der Waals surface area contributed by atoms with Gasteiger partial charge in [0.1, 0.15) is 0 Å². The molecule has 1 aliphatic carbocycles. The maximum Gasteiger partial charge on any atom is 0.211 e. The number of sulfonamides is 1. The van der Waals surface area contributed by atoms with Crippen molar-refractivity contribution >= 4 is 16.0 Å². The smallest absolute Gasteiger partial charge is 0.211 e. The Morgan fingerprint density at radius 2 is 1.96 bits per heavy atom. The summed E-state index contributed by atoms with van der Waals surface area (Å²) in [5.41, 5.74) is 0.159. The molecule has 3 atom stereocenters. The van der Waals surface area contributed by atoms with E-state index in [1.165, 1.54) is 6.26 Å². The first-order valence-electron chi connectivity index (χ1n) is 10.4. The Hall–Kier alpha value is -0.860. The molecule has 2 fully saturated rings. The maximum absolute atomic E-state index is 11.7. The molecule has 1 aliphatic heterocycles. The summed E-state index contributed by atoms with van der Waals surface area (Å²) in [7, 11) is -3.09. The van der Waals surface area contributed by atoms with Gasteiger partial charge < -0.3 is 15.4 Å². The van der Waals surface area contributed by atoms with Crippen molar-refractivity contribution in [1.82, 2.24) is 14.9 Å². The van der Waals surface area contributed by atoms with Crippen molar-refractivity contribution in [2.45, 2.75) is 65.5 Å². The fourth-order valence-corrected chi connectivity index (χ4v) is 5.45. The highest BCUT2D eigenvalue weighted by atomic mass is 32.2. The molecule has 8 heteroatoms. The number of hydrogen-bond donors (Lipinski definition) is 2. The molecule has 1 heterocycles. The zero-order valence-electron chi connectivity index (χ0n) is 17.6. The van der Waals surface area contributed by atoms with Crippen molar-refractivity contribution in [1.29, 1.82) is 0 Å². The minimum absolute atomic E-state index is 0.159. The maximum atomic E-state index is 11.7. The Bertz CT molecular complexity index is 604. The second kappa shape index (κ2) is 9.56. The molecule has 2 rings (SSSR count). The highest BCUT2D eigenvalue weighted by molar-refractivity contribution is 7.88. The number of guanidine groups is 1. The number of nitrogens with zero attached hydrogens (tertiary/aromatic N) is 2. The second-order valence-electron chi connectivity index (χ2n) is 7.81. The van der Waals surface area contributed by atoms with E-state index in [2.05, 4.69) is 38.3 Å². The molecule has 0 bridgehead atoms. The molecule has 0 radical (unpaired) electrons. The monoisotopic (exact) mass is 402 g/mol. The predicted molar refractivity (Wildman–Crippen MR) is 110 cm³/mol. The van der Waals surface area contributed by atoms with Gasteiger partial charge in [-0.25, -0.2) is 12.7 Å². The first-order chi connectivity index (χ1) is 12.8. The standard InChI is InChI=1S/C19H38N4O3S/c1-6-19(7-2)16(12-17(19)26-9-4)22-18(20-8-3)21-13-15-10-11-23(14-15)27(5,24)25/h15-17H,6-14H2,1-5H3,(H2,20,21,22). The van der Waals surface area contributed by atoms with Crippen LogP contribution < -0.4 is 10.6 Å². The highest BCUT2D eigenvalue weighted by Gasteiger charge is 2.53. The van der Waals surface area contributed by atoms with Gasteiger partial charge in [-0.2, -0.15) is 0 Å². The lowest BCUT2D eigenvalue weighted by Gasteiger charge is -2.55. The normalized spacial score (nSPS) is 28.8. The molecule has 0 aromatic heterocycles. The third-order valence-electron chi connectivity index (χ3n) is 6.35. The van der Waals surface area contributed by atoms with E-state index in [0.717, 1.165) is 44.8 Å². The first kappa shape index (κ1) is 22.4. The summed E-state index contributed by atoms with van der Waals surface area (Å²) in [6, 6.07) is 0.359.